The van der Waals surface area contributed by atoms with Gasteiger partial charge in [0.25, 0.3) is 0 Å². The van der Waals surface area contributed by atoms with Gasteiger partial charge in [0, 0.05) is 25.1 Å². The van der Waals surface area contributed by atoms with Crippen LogP contribution in [-0.2, 0) is 11.3 Å². The standard InChI is InChI=1S/C15H21NO2/c1-11(2)12-6-7-14(18-3)13(9-12)10-16-8-4-5-15(16)17/h6-7,9,11H,4-5,8,10H2,1-3H3. The molecule has 0 unspecified atom stereocenters. The Hall–Kier alpha value is -1.51. The molecule has 1 aromatic rings. The van der Waals surface area contributed by atoms with Gasteiger partial charge in [-0.2, -0.15) is 0 Å². The smallest absolute Gasteiger partial charge is 0.222 e. The predicted octanol–water partition coefficient (Wildman–Crippen LogP) is 2.94. The van der Waals surface area contributed by atoms with E-state index in [9.17, 15) is 4.79 Å². The molecule has 1 aliphatic heterocycles. The number of likely N-dealkylation sites (tertiary alicyclic amines) is 1. The summed E-state index contributed by atoms with van der Waals surface area (Å²) in [6, 6.07) is 6.26. The first-order chi connectivity index (χ1) is 8.61. The molecule has 1 aromatic carbocycles. The van der Waals surface area contributed by atoms with Crippen LogP contribution in [0.5, 0.6) is 5.75 Å². The van der Waals surface area contributed by atoms with Crippen LogP contribution in [0.1, 0.15) is 43.7 Å². The fourth-order valence-electron chi connectivity index (χ4n) is 2.36. The number of nitrogens with zero attached hydrogens (tertiary/aromatic N) is 1. The molecule has 18 heavy (non-hydrogen) atoms. The SMILES string of the molecule is COc1ccc(C(C)C)cc1CN1CCCC1=O. The fourth-order valence-corrected chi connectivity index (χ4v) is 2.36. The van der Waals surface area contributed by atoms with E-state index < -0.39 is 0 Å². The van der Waals surface area contributed by atoms with E-state index in [2.05, 4.69) is 26.0 Å². The van der Waals surface area contributed by atoms with E-state index in [1.807, 2.05) is 11.0 Å². The minimum absolute atomic E-state index is 0.256. The molecule has 0 atom stereocenters. The maximum Gasteiger partial charge on any atom is 0.222 e. The lowest BCUT2D eigenvalue weighted by molar-refractivity contribution is -0.128. The number of rotatable bonds is 4. The second-order valence-electron chi connectivity index (χ2n) is 5.14. The van der Waals surface area contributed by atoms with Crippen molar-refractivity contribution in [2.45, 2.75) is 39.2 Å². The topological polar surface area (TPSA) is 29.5 Å². The molecule has 3 nitrogen and oxygen atoms in total. The van der Waals surface area contributed by atoms with Crippen molar-refractivity contribution >= 4 is 5.91 Å². The molecule has 1 aliphatic rings. The van der Waals surface area contributed by atoms with E-state index in [1.165, 1.54) is 5.56 Å². The molecule has 1 saturated heterocycles. The van der Waals surface area contributed by atoms with E-state index >= 15 is 0 Å². The van der Waals surface area contributed by atoms with Crippen LogP contribution in [0.3, 0.4) is 0 Å². The highest BCUT2D eigenvalue weighted by Crippen LogP contribution is 2.26. The molecule has 1 fully saturated rings. The Kier molecular flexibility index (Phi) is 3.90. The van der Waals surface area contributed by atoms with E-state index in [0.717, 1.165) is 24.3 Å². The molecule has 0 N–H and O–H groups in total. The molecule has 1 amide bonds. The van der Waals surface area contributed by atoms with Gasteiger partial charge in [-0.1, -0.05) is 26.0 Å². The van der Waals surface area contributed by atoms with Gasteiger partial charge in [0.1, 0.15) is 5.75 Å². The van der Waals surface area contributed by atoms with Gasteiger partial charge < -0.3 is 9.64 Å². The average molecular weight is 247 g/mol. The summed E-state index contributed by atoms with van der Waals surface area (Å²) in [4.78, 5) is 13.6. The van der Waals surface area contributed by atoms with Crippen molar-refractivity contribution in [1.82, 2.24) is 4.90 Å². The summed E-state index contributed by atoms with van der Waals surface area (Å²) in [6.07, 6.45) is 1.66. The number of carbonyl (C=O) groups is 1. The number of ether oxygens (including phenoxy) is 1. The molecular formula is C15H21NO2. The van der Waals surface area contributed by atoms with Crippen LogP contribution in [0.2, 0.25) is 0 Å². The largest absolute Gasteiger partial charge is 0.496 e. The van der Waals surface area contributed by atoms with Crippen molar-refractivity contribution < 1.29 is 9.53 Å². The minimum atomic E-state index is 0.256. The summed E-state index contributed by atoms with van der Waals surface area (Å²) in [7, 11) is 1.68. The highest BCUT2D eigenvalue weighted by molar-refractivity contribution is 5.78. The molecule has 98 valence electrons. The minimum Gasteiger partial charge on any atom is -0.496 e. The van der Waals surface area contributed by atoms with Crippen LogP contribution in [0.4, 0.5) is 0 Å². The Morgan fingerprint density at radius 3 is 2.72 bits per heavy atom. The molecule has 0 bridgehead atoms. The van der Waals surface area contributed by atoms with Gasteiger partial charge >= 0.3 is 0 Å². The average Bonchev–Trinajstić information content (AvgIpc) is 2.75. The molecule has 3 heteroatoms. The van der Waals surface area contributed by atoms with Gasteiger partial charge in [0.05, 0.1) is 7.11 Å². The van der Waals surface area contributed by atoms with Crippen LogP contribution >= 0.6 is 0 Å². The summed E-state index contributed by atoms with van der Waals surface area (Å²) < 4.78 is 5.39. The maximum absolute atomic E-state index is 11.7. The van der Waals surface area contributed by atoms with Gasteiger partial charge in [-0.15, -0.1) is 0 Å². The zero-order valence-corrected chi connectivity index (χ0v) is 11.4. The van der Waals surface area contributed by atoms with Crippen molar-refractivity contribution in [3.8, 4) is 5.75 Å². The number of hydrogen-bond donors (Lipinski definition) is 0. The van der Waals surface area contributed by atoms with Gasteiger partial charge in [-0.3, -0.25) is 4.79 Å². The number of carbonyl (C=O) groups excluding carboxylic acids is 1. The predicted molar refractivity (Wildman–Crippen MR) is 71.7 cm³/mol. The van der Waals surface area contributed by atoms with Gasteiger partial charge in [-0.25, -0.2) is 0 Å². The number of methoxy groups -OCH3 is 1. The van der Waals surface area contributed by atoms with Gasteiger partial charge in [0.15, 0.2) is 0 Å². The molecule has 0 spiro atoms. The highest BCUT2D eigenvalue weighted by Gasteiger charge is 2.21. The maximum atomic E-state index is 11.7. The summed E-state index contributed by atoms with van der Waals surface area (Å²) in [6.45, 7) is 5.88. The number of amides is 1. The normalized spacial score (nSPS) is 15.6. The molecule has 0 aliphatic carbocycles. The van der Waals surface area contributed by atoms with Crippen LogP contribution in [0.25, 0.3) is 0 Å². The lowest BCUT2D eigenvalue weighted by Crippen LogP contribution is -2.24. The Morgan fingerprint density at radius 2 is 2.17 bits per heavy atom. The molecular weight excluding hydrogens is 226 g/mol. The summed E-state index contributed by atoms with van der Waals surface area (Å²) in [5.41, 5.74) is 2.40. The fraction of sp³-hybridized carbons (Fsp3) is 0.533. The zero-order valence-electron chi connectivity index (χ0n) is 11.4. The summed E-state index contributed by atoms with van der Waals surface area (Å²) in [5.74, 6) is 1.62. The third-order valence-corrected chi connectivity index (χ3v) is 3.50. The first kappa shape index (κ1) is 12.9. The van der Waals surface area contributed by atoms with Crippen LogP contribution in [-0.4, -0.2) is 24.5 Å². The van der Waals surface area contributed by atoms with Crippen molar-refractivity contribution in [2.24, 2.45) is 0 Å². The Morgan fingerprint density at radius 1 is 1.39 bits per heavy atom. The molecule has 2 rings (SSSR count). The highest BCUT2D eigenvalue weighted by atomic mass is 16.5. The summed E-state index contributed by atoms with van der Waals surface area (Å²) in [5, 5.41) is 0. The van der Waals surface area contributed by atoms with E-state index in [0.29, 0.717) is 18.9 Å². The molecule has 0 saturated carbocycles. The van der Waals surface area contributed by atoms with Crippen LogP contribution in [0, 0.1) is 0 Å². The van der Waals surface area contributed by atoms with E-state index in [1.54, 1.807) is 7.11 Å². The van der Waals surface area contributed by atoms with Crippen molar-refractivity contribution in [2.75, 3.05) is 13.7 Å². The Balaban J connectivity index is 2.23. The first-order valence-electron chi connectivity index (χ1n) is 6.56. The Bertz CT molecular complexity index is 440. The zero-order chi connectivity index (χ0) is 13.1. The molecule has 1 heterocycles. The molecule has 0 radical (unpaired) electrons. The van der Waals surface area contributed by atoms with Crippen molar-refractivity contribution in [3.05, 3.63) is 29.3 Å². The number of benzene rings is 1. The van der Waals surface area contributed by atoms with Crippen molar-refractivity contribution in [3.63, 3.8) is 0 Å². The quantitative estimate of drug-likeness (QED) is 0.818. The second kappa shape index (κ2) is 5.42. The summed E-state index contributed by atoms with van der Waals surface area (Å²) >= 11 is 0. The monoisotopic (exact) mass is 247 g/mol. The first-order valence-corrected chi connectivity index (χ1v) is 6.56. The third-order valence-electron chi connectivity index (χ3n) is 3.50. The Labute approximate surface area is 109 Å². The lowest BCUT2D eigenvalue weighted by Gasteiger charge is -2.19. The number of hydrogen-bond acceptors (Lipinski definition) is 2. The van der Waals surface area contributed by atoms with E-state index in [-0.39, 0.29) is 5.91 Å². The van der Waals surface area contributed by atoms with E-state index in [4.69, 9.17) is 4.74 Å². The van der Waals surface area contributed by atoms with Gasteiger partial charge in [0.2, 0.25) is 5.91 Å². The van der Waals surface area contributed by atoms with Crippen LogP contribution < -0.4 is 4.74 Å². The van der Waals surface area contributed by atoms with Crippen molar-refractivity contribution in [1.29, 1.82) is 0 Å². The second-order valence-corrected chi connectivity index (χ2v) is 5.14. The van der Waals surface area contributed by atoms with Crippen LogP contribution in [0.15, 0.2) is 18.2 Å². The molecule has 0 aromatic heterocycles. The third kappa shape index (κ3) is 2.66. The van der Waals surface area contributed by atoms with Gasteiger partial charge in [-0.05, 0) is 24.0 Å². The lowest BCUT2D eigenvalue weighted by atomic mass is 10.00.